The Morgan fingerprint density at radius 3 is 2.88 bits per heavy atom. The molecule has 0 radical (unpaired) electrons. The Morgan fingerprint density at radius 1 is 1.41 bits per heavy atom. The summed E-state index contributed by atoms with van der Waals surface area (Å²) in [6, 6.07) is 6.59. The molecule has 1 heterocycles. The minimum atomic E-state index is -0.256. The van der Waals surface area contributed by atoms with Gasteiger partial charge in [-0.15, -0.1) is 0 Å². The Morgan fingerprint density at radius 2 is 2.18 bits per heavy atom. The van der Waals surface area contributed by atoms with Crippen molar-refractivity contribution in [2.75, 3.05) is 7.05 Å². The van der Waals surface area contributed by atoms with Crippen molar-refractivity contribution < 1.29 is 8.91 Å². The van der Waals surface area contributed by atoms with Crippen LogP contribution in [-0.4, -0.2) is 17.2 Å². The molecule has 1 aromatic carbocycles. The summed E-state index contributed by atoms with van der Waals surface area (Å²) in [5.41, 5.74) is 0.555. The molecule has 0 aliphatic heterocycles. The predicted octanol–water partition coefficient (Wildman–Crippen LogP) is 2.08. The molecule has 1 N–H and O–H groups in total. The Kier molecular flexibility index (Phi) is 3.49. The van der Waals surface area contributed by atoms with Crippen molar-refractivity contribution in [1.29, 1.82) is 0 Å². The van der Waals surface area contributed by atoms with Crippen molar-refractivity contribution in [2.45, 2.75) is 19.4 Å². The normalized spacial score (nSPS) is 12.6. The fourth-order valence-corrected chi connectivity index (χ4v) is 1.45. The van der Waals surface area contributed by atoms with E-state index in [4.69, 9.17) is 4.52 Å². The molecule has 0 aliphatic carbocycles. The maximum atomic E-state index is 13.4. The lowest BCUT2D eigenvalue weighted by Gasteiger charge is -2.01. The Balaban J connectivity index is 2.14. The number of halogens is 1. The zero-order chi connectivity index (χ0) is 12.3. The summed E-state index contributed by atoms with van der Waals surface area (Å²) in [6.07, 6.45) is 0.316. The van der Waals surface area contributed by atoms with Gasteiger partial charge >= 0.3 is 0 Å². The molecule has 0 spiro atoms. The summed E-state index contributed by atoms with van der Waals surface area (Å²) in [7, 11) is 1.82. The molecule has 0 aliphatic rings. The van der Waals surface area contributed by atoms with Gasteiger partial charge in [-0.25, -0.2) is 4.39 Å². The highest BCUT2D eigenvalue weighted by atomic mass is 19.1. The highest BCUT2D eigenvalue weighted by molar-refractivity contribution is 5.20. The Bertz CT molecular complexity index is 498. The van der Waals surface area contributed by atoms with Gasteiger partial charge < -0.3 is 9.84 Å². The summed E-state index contributed by atoms with van der Waals surface area (Å²) in [5.74, 6) is 0.750. The predicted molar refractivity (Wildman–Crippen MR) is 61.0 cm³/mol. The van der Waals surface area contributed by atoms with Crippen LogP contribution >= 0.6 is 0 Å². The maximum Gasteiger partial charge on any atom is 0.231 e. The molecule has 1 aromatic heterocycles. The molecule has 0 bridgehead atoms. The standard InChI is InChI=1S/C12H14FN3O/c1-8(14-2)12-15-11(17-16-12)7-9-5-3-4-6-10(9)13/h3-6,8,14H,7H2,1-2H3. The maximum absolute atomic E-state index is 13.4. The molecule has 2 rings (SSSR count). The highest BCUT2D eigenvalue weighted by Crippen LogP contribution is 2.13. The second-order valence-electron chi connectivity index (χ2n) is 3.82. The van der Waals surface area contributed by atoms with Crippen LogP contribution in [0.3, 0.4) is 0 Å². The van der Waals surface area contributed by atoms with Crippen molar-refractivity contribution in [3.63, 3.8) is 0 Å². The van der Waals surface area contributed by atoms with E-state index in [-0.39, 0.29) is 11.9 Å². The molecule has 90 valence electrons. The quantitative estimate of drug-likeness (QED) is 0.881. The molecule has 1 atom stereocenters. The van der Waals surface area contributed by atoms with Crippen LogP contribution in [0, 0.1) is 5.82 Å². The van der Waals surface area contributed by atoms with E-state index in [0.717, 1.165) is 0 Å². The average Bonchev–Trinajstić information content (AvgIpc) is 2.80. The van der Waals surface area contributed by atoms with Gasteiger partial charge in [0, 0.05) is 0 Å². The van der Waals surface area contributed by atoms with Crippen LogP contribution in [-0.2, 0) is 6.42 Å². The number of hydrogen-bond donors (Lipinski definition) is 1. The van der Waals surface area contributed by atoms with Crippen LogP contribution in [0.2, 0.25) is 0 Å². The van der Waals surface area contributed by atoms with E-state index < -0.39 is 0 Å². The molecule has 0 amide bonds. The largest absolute Gasteiger partial charge is 0.339 e. The second-order valence-corrected chi connectivity index (χ2v) is 3.82. The molecular formula is C12H14FN3O. The van der Waals surface area contributed by atoms with E-state index in [1.54, 1.807) is 18.2 Å². The smallest absolute Gasteiger partial charge is 0.231 e. The van der Waals surface area contributed by atoms with Crippen LogP contribution in [0.1, 0.15) is 30.2 Å². The van der Waals surface area contributed by atoms with E-state index in [2.05, 4.69) is 15.5 Å². The minimum Gasteiger partial charge on any atom is -0.339 e. The lowest BCUT2D eigenvalue weighted by Crippen LogP contribution is -2.13. The van der Waals surface area contributed by atoms with E-state index in [1.807, 2.05) is 14.0 Å². The van der Waals surface area contributed by atoms with Crippen molar-refractivity contribution in [2.24, 2.45) is 0 Å². The summed E-state index contributed by atoms with van der Waals surface area (Å²) in [4.78, 5) is 4.21. The zero-order valence-electron chi connectivity index (χ0n) is 9.77. The van der Waals surface area contributed by atoms with Gasteiger partial charge in [-0.1, -0.05) is 23.4 Å². The summed E-state index contributed by atoms with van der Waals surface area (Å²) in [6.45, 7) is 1.93. The first-order valence-corrected chi connectivity index (χ1v) is 5.44. The van der Waals surface area contributed by atoms with Crippen LogP contribution in [0.25, 0.3) is 0 Å². The SMILES string of the molecule is CNC(C)c1noc(Cc2ccccc2F)n1. The van der Waals surface area contributed by atoms with Gasteiger partial charge in [0.15, 0.2) is 5.82 Å². The number of nitrogens with one attached hydrogen (secondary N) is 1. The van der Waals surface area contributed by atoms with Crippen LogP contribution in [0.5, 0.6) is 0 Å². The molecule has 0 saturated heterocycles. The fraction of sp³-hybridized carbons (Fsp3) is 0.333. The van der Waals surface area contributed by atoms with Gasteiger partial charge in [0.05, 0.1) is 12.5 Å². The lowest BCUT2D eigenvalue weighted by molar-refractivity contribution is 0.373. The lowest BCUT2D eigenvalue weighted by atomic mass is 10.1. The van der Waals surface area contributed by atoms with Gasteiger partial charge in [-0.05, 0) is 25.6 Å². The van der Waals surface area contributed by atoms with Crippen LogP contribution in [0.4, 0.5) is 4.39 Å². The second kappa shape index (κ2) is 5.05. The molecule has 5 heteroatoms. The molecule has 2 aromatic rings. The monoisotopic (exact) mass is 235 g/mol. The highest BCUT2D eigenvalue weighted by Gasteiger charge is 2.13. The van der Waals surface area contributed by atoms with E-state index >= 15 is 0 Å². The van der Waals surface area contributed by atoms with E-state index in [0.29, 0.717) is 23.7 Å². The molecular weight excluding hydrogens is 221 g/mol. The molecule has 17 heavy (non-hydrogen) atoms. The van der Waals surface area contributed by atoms with Gasteiger partial charge in [0.1, 0.15) is 5.82 Å². The van der Waals surface area contributed by atoms with Crippen molar-refractivity contribution in [1.82, 2.24) is 15.5 Å². The average molecular weight is 235 g/mol. The number of nitrogens with zero attached hydrogens (tertiary/aromatic N) is 2. The first kappa shape index (κ1) is 11.7. The Labute approximate surface area is 98.8 Å². The van der Waals surface area contributed by atoms with Gasteiger partial charge in [0.2, 0.25) is 5.89 Å². The van der Waals surface area contributed by atoms with Crippen molar-refractivity contribution in [3.8, 4) is 0 Å². The third-order valence-corrected chi connectivity index (χ3v) is 2.60. The first-order valence-electron chi connectivity index (χ1n) is 5.44. The van der Waals surface area contributed by atoms with Crippen molar-refractivity contribution >= 4 is 0 Å². The Hall–Kier alpha value is -1.75. The summed E-state index contributed by atoms with van der Waals surface area (Å²) < 4.78 is 18.5. The minimum absolute atomic E-state index is 0.0214. The first-order chi connectivity index (χ1) is 8.20. The van der Waals surface area contributed by atoms with Crippen LogP contribution < -0.4 is 5.32 Å². The number of rotatable bonds is 4. The molecule has 0 saturated carbocycles. The summed E-state index contributed by atoms with van der Waals surface area (Å²) >= 11 is 0. The molecule has 4 nitrogen and oxygen atoms in total. The van der Waals surface area contributed by atoms with Crippen LogP contribution in [0.15, 0.2) is 28.8 Å². The third-order valence-electron chi connectivity index (χ3n) is 2.60. The van der Waals surface area contributed by atoms with Gasteiger partial charge in [-0.3, -0.25) is 0 Å². The van der Waals surface area contributed by atoms with E-state index in [9.17, 15) is 4.39 Å². The zero-order valence-corrected chi connectivity index (χ0v) is 9.77. The number of benzene rings is 1. The topological polar surface area (TPSA) is 51.0 Å². The fourth-order valence-electron chi connectivity index (χ4n) is 1.45. The third kappa shape index (κ3) is 2.68. The van der Waals surface area contributed by atoms with E-state index in [1.165, 1.54) is 6.07 Å². The number of hydrogen-bond acceptors (Lipinski definition) is 4. The summed E-state index contributed by atoms with van der Waals surface area (Å²) in [5, 5.41) is 6.85. The van der Waals surface area contributed by atoms with Gasteiger partial charge in [0.25, 0.3) is 0 Å². The van der Waals surface area contributed by atoms with Crippen molar-refractivity contribution in [3.05, 3.63) is 47.4 Å². The molecule has 0 fully saturated rings. The van der Waals surface area contributed by atoms with Gasteiger partial charge in [-0.2, -0.15) is 4.98 Å². The molecule has 1 unspecified atom stereocenters. The number of aromatic nitrogens is 2.